The molecule has 1 fully saturated rings. The number of carbonyl (C=O) groups excluding carboxylic acids is 2. The fourth-order valence-corrected chi connectivity index (χ4v) is 2.36. The van der Waals surface area contributed by atoms with Gasteiger partial charge in [-0.05, 0) is 62.1 Å². The molecule has 0 heterocycles. The van der Waals surface area contributed by atoms with Crippen LogP contribution in [0.1, 0.15) is 44.7 Å². The first-order valence-corrected chi connectivity index (χ1v) is 7.83. The Kier molecular flexibility index (Phi) is 4.15. The molecule has 0 radical (unpaired) electrons. The number of benzene rings is 2. The molecule has 0 saturated heterocycles. The molecule has 2 aromatic rings. The van der Waals surface area contributed by atoms with Crippen molar-refractivity contribution >= 4 is 17.5 Å². The van der Waals surface area contributed by atoms with Crippen LogP contribution in [0.25, 0.3) is 0 Å². The second-order valence-corrected chi connectivity index (χ2v) is 6.05. The average Bonchev–Trinajstić information content (AvgIpc) is 3.34. The number of nitrogens with one attached hydrogen (secondary N) is 2. The van der Waals surface area contributed by atoms with Gasteiger partial charge in [0, 0.05) is 11.6 Å². The van der Waals surface area contributed by atoms with E-state index in [0.29, 0.717) is 16.8 Å². The summed E-state index contributed by atoms with van der Waals surface area (Å²) in [6.45, 7) is 3.98. The zero-order chi connectivity index (χ0) is 16.4. The highest BCUT2D eigenvalue weighted by Gasteiger charge is 2.25. The summed E-state index contributed by atoms with van der Waals surface area (Å²) >= 11 is 0. The van der Waals surface area contributed by atoms with Gasteiger partial charge in [0.2, 0.25) is 0 Å². The Labute approximate surface area is 135 Å². The van der Waals surface area contributed by atoms with Gasteiger partial charge in [0.1, 0.15) is 0 Å². The van der Waals surface area contributed by atoms with E-state index in [-0.39, 0.29) is 17.9 Å². The first kappa shape index (κ1) is 15.3. The van der Waals surface area contributed by atoms with Crippen LogP contribution in [-0.2, 0) is 0 Å². The normalized spacial score (nSPS) is 13.5. The van der Waals surface area contributed by atoms with Crippen LogP contribution in [0.4, 0.5) is 5.69 Å². The van der Waals surface area contributed by atoms with Crippen molar-refractivity contribution in [2.45, 2.75) is 32.7 Å². The van der Waals surface area contributed by atoms with Crippen LogP contribution in [0.5, 0.6) is 0 Å². The van der Waals surface area contributed by atoms with Gasteiger partial charge in [-0.2, -0.15) is 0 Å². The third kappa shape index (κ3) is 3.59. The van der Waals surface area contributed by atoms with Gasteiger partial charge in [-0.1, -0.05) is 18.2 Å². The van der Waals surface area contributed by atoms with E-state index < -0.39 is 0 Å². The SMILES string of the molecule is Cc1ccc(C(=O)Nc2ccccc2C(=O)NC2CC2)cc1C. The van der Waals surface area contributed by atoms with Crippen LogP contribution in [-0.4, -0.2) is 17.9 Å². The minimum Gasteiger partial charge on any atom is -0.349 e. The van der Waals surface area contributed by atoms with Crippen molar-refractivity contribution in [1.82, 2.24) is 5.32 Å². The standard InChI is InChI=1S/C19H20N2O2/c1-12-7-8-14(11-13(12)2)18(22)21-17-6-4-3-5-16(17)19(23)20-15-9-10-15/h3-8,11,15H,9-10H2,1-2H3,(H,20,23)(H,21,22). The maximum atomic E-state index is 12.4. The van der Waals surface area contributed by atoms with Crippen LogP contribution in [0, 0.1) is 13.8 Å². The quantitative estimate of drug-likeness (QED) is 0.909. The van der Waals surface area contributed by atoms with Gasteiger partial charge in [-0.15, -0.1) is 0 Å². The molecule has 0 bridgehead atoms. The van der Waals surface area contributed by atoms with Gasteiger partial charge in [0.15, 0.2) is 0 Å². The lowest BCUT2D eigenvalue weighted by atomic mass is 10.1. The molecule has 2 amide bonds. The molecular formula is C19H20N2O2. The summed E-state index contributed by atoms with van der Waals surface area (Å²) in [5.41, 5.74) is 3.83. The molecule has 0 atom stereocenters. The lowest BCUT2D eigenvalue weighted by molar-refractivity contribution is 0.0952. The predicted octanol–water partition coefficient (Wildman–Crippen LogP) is 3.45. The molecule has 1 saturated carbocycles. The Hall–Kier alpha value is -2.62. The molecule has 4 nitrogen and oxygen atoms in total. The number of hydrogen-bond acceptors (Lipinski definition) is 2. The second kappa shape index (κ2) is 6.24. The van der Waals surface area contributed by atoms with Gasteiger partial charge in [-0.25, -0.2) is 0 Å². The topological polar surface area (TPSA) is 58.2 Å². The number of amides is 2. The molecule has 2 aromatic carbocycles. The van der Waals surface area contributed by atoms with Crippen molar-refractivity contribution < 1.29 is 9.59 Å². The van der Waals surface area contributed by atoms with E-state index in [2.05, 4.69) is 10.6 Å². The van der Waals surface area contributed by atoms with E-state index in [1.165, 1.54) is 0 Å². The van der Waals surface area contributed by atoms with Crippen molar-refractivity contribution in [2.75, 3.05) is 5.32 Å². The molecule has 2 N–H and O–H groups in total. The van der Waals surface area contributed by atoms with Gasteiger partial charge in [-0.3, -0.25) is 9.59 Å². The van der Waals surface area contributed by atoms with Crippen molar-refractivity contribution in [3.8, 4) is 0 Å². The highest BCUT2D eigenvalue weighted by molar-refractivity contribution is 6.09. The molecule has 0 spiro atoms. The van der Waals surface area contributed by atoms with E-state index in [1.54, 1.807) is 24.3 Å². The number of anilines is 1. The number of aryl methyl sites for hydroxylation is 2. The number of carbonyl (C=O) groups is 2. The van der Waals surface area contributed by atoms with Gasteiger partial charge in [0.05, 0.1) is 11.3 Å². The number of rotatable bonds is 4. The van der Waals surface area contributed by atoms with Crippen molar-refractivity contribution in [1.29, 1.82) is 0 Å². The fraction of sp³-hybridized carbons (Fsp3) is 0.263. The van der Waals surface area contributed by atoms with Crippen LogP contribution in [0.2, 0.25) is 0 Å². The van der Waals surface area contributed by atoms with E-state index >= 15 is 0 Å². The van der Waals surface area contributed by atoms with Gasteiger partial charge in [0.25, 0.3) is 11.8 Å². The summed E-state index contributed by atoms with van der Waals surface area (Å²) in [7, 11) is 0. The fourth-order valence-electron chi connectivity index (χ4n) is 2.36. The van der Waals surface area contributed by atoms with Crippen molar-refractivity contribution in [3.05, 3.63) is 64.7 Å². The first-order chi connectivity index (χ1) is 11.0. The lowest BCUT2D eigenvalue weighted by Gasteiger charge is -2.12. The average molecular weight is 308 g/mol. The zero-order valence-corrected chi connectivity index (χ0v) is 13.3. The molecule has 0 aliphatic heterocycles. The largest absolute Gasteiger partial charge is 0.349 e. The number of hydrogen-bond donors (Lipinski definition) is 2. The molecule has 118 valence electrons. The predicted molar refractivity (Wildman–Crippen MR) is 90.8 cm³/mol. The number of para-hydroxylation sites is 1. The third-order valence-corrected chi connectivity index (χ3v) is 4.10. The molecular weight excluding hydrogens is 288 g/mol. The Morgan fingerprint density at radius 2 is 1.70 bits per heavy atom. The van der Waals surface area contributed by atoms with Crippen LogP contribution in [0.15, 0.2) is 42.5 Å². The maximum Gasteiger partial charge on any atom is 0.255 e. The Morgan fingerprint density at radius 3 is 2.39 bits per heavy atom. The van der Waals surface area contributed by atoms with E-state index in [9.17, 15) is 9.59 Å². The van der Waals surface area contributed by atoms with Gasteiger partial charge >= 0.3 is 0 Å². The molecule has 1 aliphatic carbocycles. The molecule has 3 rings (SSSR count). The summed E-state index contributed by atoms with van der Waals surface area (Å²) in [5.74, 6) is -0.344. The van der Waals surface area contributed by atoms with Crippen LogP contribution < -0.4 is 10.6 Å². The zero-order valence-electron chi connectivity index (χ0n) is 13.3. The monoisotopic (exact) mass is 308 g/mol. The third-order valence-electron chi connectivity index (χ3n) is 4.10. The highest BCUT2D eigenvalue weighted by Crippen LogP contribution is 2.22. The van der Waals surface area contributed by atoms with Crippen molar-refractivity contribution in [2.24, 2.45) is 0 Å². The van der Waals surface area contributed by atoms with E-state index in [0.717, 1.165) is 24.0 Å². The van der Waals surface area contributed by atoms with Crippen LogP contribution in [0.3, 0.4) is 0 Å². The van der Waals surface area contributed by atoms with Crippen molar-refractivity contribution in [3.63, 3.8) is 0 Å². The Morgan fingerprint density at radius 1 is 0.957 bits per heavy atom. The molecule has 0 unspecified atom stereocenters. The van der Waals surface area contributed by atoms with Crippen LogP contribution >= 0.6 is 0 Å². The highest BCUT2D eigenvalue weighted by atomic mass is 16.2. The molecule has 23 heavy (non-hydrogen) atoms. The maximum absolute atomic E-state index is 12.4. The lowest BCUT2D eigenvalue weighted by Crippen LogP contribution is -2.27. The Bertz CT molecular complexity index is 764. The molecule has 4 heteroatoms. The smallest absolute Gasteiger partial charge is 0.255 e. The minimum atomic E-state index is -0.209. The summed E-state index contributed by atoms with van der Waals surface area (Å²) in [6.07, 6.45) is 2.06. The van der Waals surface area contributed by atoms with E-state index in [4.69, 9.17) is 0 Å². The summed E-state index contributed by atoms with van der Waals surface area (Å²) in [5, 5.41) is 5.80. The molecule has 0 aromatic heterocycles. The van der Waals surface area contributed by atoms with Gasteiger partial charge < -0.3 is 10.6 Å². The summed E-state index contributed by atoms with van der Waals surface area (Å²) < 4.78 is 0. The molecule has 1 aliphatic rings. The Balaban J connectivity index is 1.80. The summed E-state index contributed by atoms with van der Waals surface area (Å²) in [4.78, 5) is 24.7. The summed E-state index contributed by atoms with van der Waals surface area (Å²) in [6, 6.07) is 13.0. The second-order valence-electron chi connectivity index (χ2n) is 6.05. The minimum absolute atomic E-state index is 0.136. The van der Waals surface area contributed by atoms with E-state index in [1.807, 2.05) is 32.0 Å². The first-order valence-electron chi connectivity index (χ1n) is 7.83.